The molecule has 1 heteroatoms. The summed E-state index contributed by atoms with van der Waals surface area (Å²) in [6.07, 6.45) is 1.16. The van der Waals surface area contributed by atoms with Gasteiger partial charge in [0.15, 0.2) is 0 Å². The first kappa shape index (κ1) is 9.54. The van der Waals surface area contributed by atoms with Gasteiger partial charge in [0, 0.05) is 11.1 Å². The Kier molecular flexibility index (Phi) is 2.95. The van der Waals surface area contributed by atoms with Crippen LogP contribution in [0.4, 0.5) is 0 Å². The number of hydrogen-bond acceptors (Lipinski definition) is 1. The zero-order valence-corrected chi connectivity index (χ0v) is 7.57. The van der Waals surface area contributed by atoms with Crippen LogP contribution in [0, 0.1) is 11.3 Å². The van der Waals surface area contributed by atoms with Crippen LogP contribution in [0.5, 0.6) is 0 Å². The second-order valence-corrected chi connectivity index (χ2v) is 3.56. The average molecular weight is 141 g/mol. The summed E-state index contributed by atoms with van der Waals surface area (Å²) in [6.45, 7) is 12.4. The van der Waals surface area contributed by atoms with Gasteiger partial charge in [-0.1, -0.05) is 40.7 Å². The summed E-state index contributed by atoms with van der Waals surface area (Å²) >= 11 is 0. The number of hydrogen-bond donors (Lipinski definition) is 1. The van der Waals surface area contributed by atoms with E-state index in [2.05, 4.69) is 34.3 Å². The fourth-order valence-corrected chi connectivity index (χ4v) is 0.827. The number of nitrogens with two attached hydrogens (primary N) is 1. The van der Waals surface area contributed by atoms with Gasteiger partial charge in [0.25, 0.3) is 0 Å². The first-order chi connectivity index (χ1) is 4.42. The Hall–Kier alpha value is -0.460. The molecule has 0 radical (unpaired) electrons. The van der Waals surface area contributed by atoms with E-state index >= 15 is 0 Å². The van der Waals surface area contributed by atoms with Gasteiger partial charge in [-0.3, -0.25) is 0 Å². The van der Waals surface area contributed by atoms with Crippen molar-refractivity contribution < 1.29 is 0 Å². The highest BCUT2D eigenvalue weighted by Gasteiger charge is 2.25. The van der Waals surface area contributed by atoms with E-state index in [0.29, 0.717) is 5.92 Å². The molecular formula is C9H19N. The Morgan fingerprint density at radius 2 is 2.00 bits per heavy atom. The van der Waals surface area contributed by atoms with Crippen LogP contribution in [-0.2, 0) is 0 Å². The van der Waals surface area contributed by atoms with Crippen LogP contribution in [0.1, 0.15) is 34.1 Å². The summed E-state index contributed by atoms with van der Waals surface area (Å²) < 4.78 is 0. The minimum Gasteiger partial charge on any atom is -0.402 e. The topological polar surface area (TPSA) is 26.0 Å². The largest absolute Gasteiger partial charge is 0.402 e. The molecule has 0 saturated heterocycles. The molecular weight excluding hydrogens is 122 g/mol. The van der Waals surface area contributed by atoms with Crippen LogP contribution in [0.15, 0.2) is 12.3 Å². The summed E-state index contributed by atoms with van der Waals surface area (Å²) in [5.74, 6) is 0.616. The zero-order chi connectivity index (χ0) is 8.36. The standard InChI is InChI=1S/C9H19N/c1-6-7(2)9(4,5)8(3)10/h7H,3,6,10H2,1-2,4-5H3. The fraction of sp³-hybridized carbons (Fsp3) is 0.778. The number of rotatable bonds is 3. The molecule has 0 bridgehead atoms. The van der Waals surface area contributed by atoms with Gasteiger partial charge in [0.05, 0.1) is 0 Å². The Labute approximate surface area is 64.3 Å². The van der Waals surface area contributed by atoms with Crippen LogP contribution >= 0.6 is 0 Å². The molecule has 1 atom stereocenters. The minimum absolute atomic E-state index is 0.0920. The van der Waals surface area contributed by atoms with E-state index < -0.39 is 0 Å². The normalized spacial score (nSPS) is 14.8. The van der Waals surface area contributed by atoms with Crippen molar-refractivity contribution in [2.75, 3.05) is 0 Å². The highest BCUT2D eigenvalue weighted by molar-refractivity contribution is 5.03. The van der Waals surface area contributed by atoms with E-state index in [1.807, 2.05) is 0 Å². The molecule has 0 amide bonds. The molecule has 0 rings (SSSR count). The third-order valence-corrected chi connectivity index (χ3v) is 2.67. The highest BCUT2D eigenvalue weighted by Crippen LogP contribution is 2.32. The SMILES string of the molecule is C=C(N)C(C)(C)C(C)CC. The molecule has 0 saturated carbocycles. The first-order valence-electron chi connectivity index (χ1n) is 3.87. The third kappa shape index (κ3) is 1.76. The van der Waals surface area contributed by atoms with Crippen molar-refractivity contribution >= 4 is 0 Å². The molecule has 0 aliphatic carbocycles. The van der Waals surface area contributed by atoms with Crippen molar-refractivity contribution in [1.82, 2.24) is 0 Å². The highest BCUT2D eigenvalue weighted by atomic mass is 14.6. The zero-order valence-electron chi connectivity index (χ0n) is 7.57. The molecule has 0 spiro atoms. The van der Waals surface area contributed by atoms with Gasteiger partial charge in [-0.25, -0.2) is 0 Å². The lowest BCUT2D eigenvalue weighted by Crippen LogP contribution is -2.27. The van der Waals surface area contributed by atoms with Crippen molar-refractivity contribution in [3.8, 4) is 0 Å². The lowest BCUT2D eigenvalue weighted by Gasteiger charge is -2.31. The maximum absolute atomic E-state index is 5.65. The molecule has 0 aliphatic heterocycles. The first-order valence-corrected chi connectivity index (χ1v) is 3.87. The predicted molar refractivity (Wildman–Crippen MR) is 46.6 cm³/mol. The quantitative estimate of drug-likeness (QED) is 0.642. The van der Waals surface area contributed by atoms with Gasteiger partial charge < -0.3 is 5.73 Å². The predicted octanol–water partition coefficient (Wildman–Crippen LogP) is 2.53. The van der Waals surface area contributed by atoms with Crippen LogP contribution in [0.25, 0.3) is 0 Å². The third-order valence-electron chi connectivity index (χ3n) is 2.67. The molecule has 0 heterocycles. The molecule has 0 aromatic heterocycles. The van der Waals surface area contributed by atoms with Crippen molar-refractivity contribution in [3.05, 3.63) is 12.3 Å². The maximum atomic E-state index is 5.65. The van der Waals surface area contributed by atoms with E-state index in [4.69, 9.17) is 5.73 Å². The Morgan fingerprint density at radius 3 is 2.10 bits per heavy atom. The van der Waals surface area contributed by atoms with E-state index in [0.717, 1.165) is 12.1 Å². The van der Waals surface area contributed by atoms with Crippen LogP contribution in [-0.4, -0.2) is 0 Å². The molecule has 1 unspecified atom stereocenters. The second-order valence-electron chi connectivity index (χ2n) is 3.56. The molecule has 0 fully saturated rings. The summed E-state index contributed by atoms with van der Waals surface area (Å²) in [7, 11) is 0. The lowest BCUT2D eigenvalue weighted by atomic mass is 9.76. The van der Waals surface area contributed by atoms with Gasteiger partial charge in [-0.15, -0.1) is 0 Å². The Morgan fingerprint density at radius 1 is 1.60 bits per heavy atom. The molecule has 0 aromatic carbocycles. The van der Waals surface area contributed by atoms with Crippen molar-refractivity contribution in [3.63, 3.8) is 0 Å². The van der Waals surface area contributed by atoms with Gasteiger partial charge in [0.2, 0.25) is 0 Å². The molecule has 0 aliphatic rings. The summed E-state index contributed by atoms with van der Waals surface area (Å²) in [5.41, 5.74) is 6.54. The summed E-state index contributed by atoms with van der Waals surface area (Å²) in [6, 6.07) is 0. The smallest absolute Gasteiger partial charge is 0.00675 e. The Balaban J connectivity index is 4.23. The van der Waals surface area contributed by atoms with Gasteiger partial charge in [0.1, 0.15) is 0 Å². The van der Waals surface area contributed by atoms with Gasteiger partial charge in [-0.05, 0) is 5.92 Å². The van der Waals surface area contributed by atoms with Crippen LogP contribution in [0.2, 0.25) is 0 Å². The van der Waals surface area contributed by atoms with Crippen LogP contribution in [0.3, 0.4) is 0 Å². The lowest BCUT2D eigenvalue weighted by molar-refractivity contribution is 0.277. The molecule has 60 valence electrons. The fourth-order valence-electron chi connectivity index (χ4n) is 0.827. The van der Waals surface area contributed by atoms with Crippen molar-refractivity contribution in [1.29, 1.82) is 0 Å². The van der Waals surface area contributed by atoms with E-state index in [1.54, 1.807) is 0 Å². The second kappa shape index (κ2) is 3.09. The monoisotopic (exact) mass is 141 g/mol. The molecule has 1 nitrogen and oxygen atoms in total. The van der Waals surface area contributed by atoms with Crippen molar-refractivity contribution in [2.45, 2.75) is 34.1 Å². The van der Waals surface area contributed by atoms with Gasteiger partial charge in [-0.2, -0.15) is 0 Å². The summed E-state index contributed by atoms with van der Waals surface area (Å²) in [5, 5.41) is 0. The van der Waals surface area contributed by atoms with Crippen molar-refractivity contribution in [2.24, 2.45) is 17.1 Å². The molecule has 10 heavy (non-hydrogen) atoms. The van der Waals surface area contributed by atoms with E-state index in [9.17, 15) is 0 Å². The summed E-state index contributed by atoms with van der Waals surface area (Å²) in [4.78, 5) is 0. The molecule has 2 N–H and O–H groups in total. The Bertz CT molecular complexity index is 125. The average Bonchev–Trinajstić information content (AvgIpc) is 1.86. The molecule has 0 aromatic rings. The van der Waals surface area contributed by atoms with Crippen LogP contribution < -0.4 is 5.73 Å². The maximum Gasteiger partial charge on any atom is 0.00675 e. The van der Waals surface area contributed by atoms with E-state index in [1.165, 1.54) is 0 Å². The van der Waals surface area contributed by atoms with E-state index in [-0.39, 0.29) is 5.41 Å². The number of allylic oxidation sites excluding steroid dienone is 1. The van der Waals surface area contributed by atoms with Gasteiger partial charge >= 0.3 is 0 Å². The minimum atomic E-state index is 0.0920.